The zero-order valence-electron chi connectivity index (χ0n) is 18.1. The van der Waals surface area contributed by atoms with Crippen molar-refractivity contribution in [2.45, 2.75) is 20.1 Å². The first-order valence-electron chi connectivity index (χ1n) is 10.5. The summed E-state index contributed by atoms with van der Waals surface area (Å²) >= 11 is 9.55. The molecule has 9 heteroatoms. The minimum Gasteiger partial charge on any atom is -0.490 e. The van der Waals surface area contributed by atoms with Crippen molar-refractivity contribution in [3.63, 3.8) is 0 Å². The molecule has 0 bridgehead atoms. The molecule has 3 aromatic rings. The Labute approximate surface area is 206 Å². The summed E-state index contributed by atoms with van der Waals surface area (Å²) in [5, 5.41) is 18.0. The SMILES string of the molecule is CCOc1cc(CNCCNc2ccc([N+](=O)[O-])cc2)cc(Br)c1OCc1ccc(Cl)cc1. The summed E-state index contributed by atoms with van der Waals surface area (Å²) in [5.41, 5.74) is 2.99. The standard InChI is InChI=1S/C24H25BrClN3O4/c1-2-32-23-14-18(13-22(25)24(23)33-16-17-3-5-19(26)6-4-17)15-27-11-12-28-20-7-9-21(10-8-20)29(30)31/h3-10,13-14,27-28H,2,11-12,15-16H2,1H3. The van der Waals surface area contributed by atoms with Crippen molar-refractivity contribution in [2.24, 2.45) is 0 Å². The van der Waals surface area contributed by atoms with Gasteiger partial charge in [0.05, 0.1) is 16.0 Å². The van der Waals surface area contributed by atoms with Crippen LogP contribution in [0.2, 0.25) is 5.02 Å². The van der Waals surface area contributed by atoms with Crippen LogP contribution in [0.25, 0.3) is 0 Å². The molecule has 0 aromatic heterocycles. The lowest BCUT2D eigenvalue weighted by molar-refractivity contribution is -0.384. The molecule has 0 radical (unpaired) electrons. The summed E-state index contributed by atoms with van der Waals surface area (Å²) in [7, 11) is 0. The van der Waals surface area contributed by atoms with E-state index in [1.165, 1.54) is 12.1 Å². The average molecular weight is 535 g/mol. The molecule has 3 rings (SSSR count). The van der Waals surface area contributed by atoms with E-state index in [9.17, 15) is 10.1 Å². The highest BCUT2D eigenvalue weighted by Gasteiger charge is 2.13. The van der Waals surface area contributed by atoms with Gasteiger partial charge in [-0.3, -0.25) is 10.1 Å². The zero-order chi connectivity index (χ0) is 23.6. The molecule has 0 spiro atoms. The highest BCUT2D eigenvalue weighted by molar-refractivity contribution is 9.10. The van der Waals surface area contributed by atoms with Gasteiger partial charge in [-0.1, -0.05) is 23.7 Å². The first-order valence-corrected chi connectivity index (χ1v) is 11.6. The molecule has 0 aliphatic heterocycles. The molecule has 0 aliphatic carbocycles. The summed E-state index contributed by atoms with van der Waals surface area (Å²) in [5.74, 6) is 1.34. The van der Waals surface area contributed by atoms with Crippen molar-refractivity contribution in [2.75, 3.05) is 25.0 Å². The van der Waals surface area contributed by atoms with Crippen LogP contribution in [0.15, 0.2) is 65.1 Å². The second kappa shape index (κ2) is 12.4. The maximum Gasteiger partial charge on any atom is 0.269 e. The Balaban J connectivity index is 1.52. The van der Waals surface area contributed by atoms with Gasteiger partial charge in [0, 0.05) is 42.5 Å². The van der Waals surface area contributed by atoms with Gasteiger partial charge in [0.2, 0.25) is 0 Å². The van der Waals surface area contributed by atoms with E-state index in [1.807, 2.05) is 43.3 Å². The number of halogens is 2. The van der Waals surface area contributed by atoms with E-state index in [-0.39, 0.29) is 5.69 Å². The Morgan fingerprint density at radius 2 is 1.73 bits per heavy atom. The van der Waals surface area contributed by atoms with E-state index in [2.05, 4.69) is 26.6 Å². The molecule has 0 heterocycles. The number of rotatable bonds is 12. The van der Waals surface area contributed by atoms with Crippen molar-refractivity contribution in [3.8, 4) is 11.5 Å². The van der Waals surface area contributed by atoms with Gasteiger partial charge in [-0.05, 0) is 70.4 Å². The summed E-state index contributed by atoms with van der Waals surface area (Å²) in [6.07, 6.45) is 0. The van der Waals surface area contributed by atoms with Crippen LogP contribution in [0.5, 0.6) is 11.5 Å². The molecule has 0 saturated heterocycles. The van der Waals surface area contributed by atoms with Gasteiger partial charge in [-0.25, -0.2) is 0 Å². The monoisotopic (exact) mass is 533 g/mol. The molecule has 0 amide bonds. The molecule has 0 unspecified atom stereocenters. The average Bonchev–Trinajstić information content (AvgIpc) is 2.80. The third kappa shape index (κ3) is 7.63. The highest BCUT2D eigenvalue weighted by Crippen LogP contribution is 2.37. The molecule has 0 fully saturated rings. The third-order valence-electron chi connectivity index (χ3n) is 4.70. The van der Waals surface area contributed by atoms with Gasteiger partial charge in [0.1, 0.15) is 6.61 Å². The fourth-order valence-corrected chi connectivity index (χ4v) is 3.82. The zero-order valence-corrected chi connectivity index (χ0v) is 20.5. The van der Waals surface area contributed by atoms with Gasteiger partial charge >= 0.3 is 0 Å². The smallest absolute Gasteiger partial charge is 0.269 e. The second-order valence-corrected chi connectivity index (χ2v) is 8.45. The van der Waals surface area contributed by atoms with Crippen LogP contribution in [0.1, 0.15) is 18.1 Å². The normalized spacial score (nSPS) is 10.6. The van der Waals surface area contributed by atoms with E-state index in [0.29, 0.717) is 49.4 Å². The number of nitrogens with one attached hydrogen (secondary N) is 2. The molecular formula is C24H25BrClN3O4. The van der Waals surface area contributed by atoms with Crippen LogP contribution in [-0.4, -0.2) is 24.6 Å². The molecule has 174 valence electrons. The number of nitro benzene ring substituents is 1. The van der Waals surface area contributed by atoms with Crippen LogP contribution in [0.4, 0.5) is 11.4 Å². The van der Waals surface area contributed by atoms with E-state index >= 15 is 0 Å². The lowest BCUT2D eigenvalue weighted by Gasteiger charge is -2.16. The summed E-state index contributed by atoms with van der Waals surface area (Å²) in [6, 6.07) is 17.9. The number of nitrogens with zero attached hydrogens (tertiary/aromatic N) is 1. The lowest BCUT2D eigenvalue weighted by Crippen LogP contribution is -2.21. The fourth-order valence-electron chi connectivity index (χ4n) is 3.09. The van der Waals surface area contributed by atoms with Gasteiger partial charge in [0.15, 0.2) is 11.5 Å². The quantitative estimate of drug-likeness (QED) is 0.164. The van der Waals surface area contributed by atoms with Crippen molar-refractivity contribution in [1.82, 2.24) is 5.32 Å². The number of hydrogen-bond donors (Lipinski definition) is 2. The summed E-state index contributed by atoms with van der Waals surface area (Å²) in [6.45, 7) is 4.91. The third-order valence-corrected chi connectivity index (χ3v) is 5.54. The maximum absolute atomic E-state index is 10.7. The summed E-state index contributed by atoms with van der Waals surface area (Å²) < 4.78 is 12.7. The molecule has 33 heavy (non-hydrogen) atoms. The van der Waals surface area contributed by atoms with Crippen molar-refractivity contribution in [3.05, 3.63) is 91.4 Å². The van der Waals surface area contributed by atoms with Crippen molar-refractivity contribution >= 4 is 38.9 Å². The largest absolute Gasteiger partial charge is 0.490 e. The van der Waals surface area contributed by atoms with Gasteiger partial charge in [-0.2, -0.15) is 0 Å². The number of benzene rings is 3. The number of hydrogen-bond acceptors (Lipinski definition) is 6. The van der Waals surface area contributed by atoms with Gasteiger partial charge in [-0.15, -0.1) is 0 Å². The van der Waals surface area contributed by atoms with Crippen LogP contribution in [-0.2, 0) is 13.2 Å². The van der Waals surface area contributed by atoms with E-state index in [4.69, 9.17) is 21.1 Å². The molecule has 0 saturated carbocycles. The predicted octanol–water partition coefficient (Wildman–Crippen LogP) is 6.19. The number of nitro groups is 1. The van der Waals surface area contributed by atoms with Crippen LogP contribution < -0.4 is 20.1 Å². The number of non-ortho nitro benzene ring substituents is 1. The molecule has 3 aromatic carbocycles. The van der Waals surface area contributed by atoms with E-state index in [1.54, 1.807) is 12.1 Å². The summed E-state index contributed by atoms with van der Waals surface area (Å²) in [4.78, 5) is 10.3. The van der Waals surface area contributed by atoms with Gasteiger partial charge < -0.3 is 20.1 Å². The first kappa shape index (κ1) is 24.8. The van der Waals surface area contributed by atoms with E-state index in [0.717, 1.165) is 21.3 Å². The Morgan fingerprint density at radius 1 is 1.00 bits per heavy atom. The Morgan fingerprint density at radius 3 is 2.39 bits per heavy atom. The first-order chi connectivity index (χ1) is 16.0. The number of ether oxygens (including phenoxy) is 2. The molecule has 0 atom stereocenters. The Kier molecular flexibility index (Phi) is 9.35. The van der Waals surface area contributed by atoms with Crippen LogP contribution >= 0.6 is 27.5 Å². The van der Waals surface area contributed by atoms with E-state index < -0.39 is 4.92 Å². The second-order valence-electron chi connectivity index (χ2n) is 7.16. The van der Waals surface area contributed by atoms with Crippen molar-refractivity contribution in [1.29, 1.82) is 0 Å². The Bertz CT molecular complexity index is 1060. The lowest BCUT2D eigenvalue weighted by atomic mass is 10.2. The maximum atomic E-state index is 10.7. The minimum atomic E-state index is -0.409. The molecule has 7 nitrogen and oxygen atoms in total. The van der Waals surface area contributed by atoms with Crippen LogP contribution in [0.3, 0.4) is 0 Å². The van der Waals surface area contributed by atoms with Gasteiger partial charge in [0.25, 0.3) is 5.69 Å². The topological polar surface area (TPSA) is 85.7 Å². The van der Waals surface area contributed by atoms with Crippen molar-refractivity contribution < 1.29 is 14.4 Å². The number of anilines is 1. The van der Waals surface area contributed by atoms with Crippen LogP contribution in [0, 0.1) is 10.1 Å². The highest BCUT2D eigenvalue weighted by atomic mass is 79.9. The predicted molar refractivity (Wildman–Crippen MR) is 134 cm³/mol. The molecule has 2 N–H and O–H groups in total. The minimum absolute atomic E-state index is 0.0787. The Hall–Kier alpha value is -2.81. The molecule has 0 aliphatic rings. The fraction of sp³-hybridized carbons (Fsp3) is 0.250. The molecular weight excluding hydrogens is 510 g/mol.